The van der Waals surface area contributed by atoms with Crippen LogP contribution < -0.4 is 15.0 Å². The summed E-state index contributed by atoms with van der Waals surface area (Å²) in [7, 11) is 0. The van der Waals surface area contributed by atoms with Crippen LogP contribution in [0.4, 0.5) is 15.8 Å². The van der Waals surface area contributed by atoms with E-state index in [0.717, 1.165) is 18.0 Å². The topological polar surface area (TPSA) is 24.5 Å². The van der Waals surface area contributed by atoms with Gasteiger partial charge in [-0.1, -0.05) is 0 Å². The Bertz CT molecular complexity index is 394. The van der Waals surface area contributed by atoms with Crippen LogP contribution in [0.5, 0.6) is 5.75 Å². The molecule has 3 rings (SSSR count). The van der Waals surface area contributed by atoms with Gasteiger partial charge in [-0.05, 0) is 19.1 Å². The molecule has 0 fully saturated rings. The Hall–Kier alpha value is -1.45. The number of nitrogens with one attached hydrogen (secondary N) is 1. The molecule has 0 radical (unpaired) electrons. The van der Waals surface area contributed by atoms with Crippen LogP contribution in [0.25, 0.3) is 0 Å². The molecule has 4 heteroatoms. The summed E-state index contributed by atoms with van der Waals surface area (Å²) in [6.07, 6.45) is 0. The van der Waals surface area contributed by atoms with Gasteiger partial charge in [0.2, 0.25) is 0 Å². The average molecular weight is 194 g/mol. The van der Waals surface area contributed by atoms with E-state index >= 15 is 0 Å². The maximum Gasteiger partial charge on any atom is 0.180 e. The van der Waals surface area contributed by atoms with Crippen LogP contribution >= 0.6 is 0 Å². The van der Waals surface area contributed by atoms with Crippen molar-refractivity contribution in [3.05, 3.63) is 17.9 Å². The molecule has 0 amide bonds. The largest absolute Gasteiger partial charge is 0.486 e. The Labute approximate surface area is 81.5 Å². The van der Waals surface area contributed by atoms with E-state index in [0.29, 0.717) is 18.4 Å². The van der Waals surface area contributed by atoms with E-state index in [9.17, 15) is 4.39 Å². The second-order valence-electron chi connectivity index (χ2n) is 3.74. The van der Waals surface area contributed by atoms with Gasteiger partial charge in [-0.2, -0.15) is 0 Å². The molecule has 1 atom stereocenters. The molecule has 2 aliphatic heterocycles. The van der Waals surface area contributed by atoms with E-state index in [-0.39, 0.29) is 5.82 Å². The van der Waals surface area contributed by atoms with Gasteiger partial charge in [-0.3, -0.25) is 0 Å². The van der Waals surface area contributed by atoms with Crippen molar-refractivity contribution in [3.8, 4) is 5.75 Å². The molecular formula is C10H11FN2O. The number of hydrogen-bond donors (Lipinski definition) is 1. The second-order valence-corrected chi connectivity index (χ2v) is 3.74. The van der Waals surface area contributed by atoms with Gasteiger partial charge in [0.25, 0.3) is 0 Å². The van der Waals surface area contributed by atoms with Crippen LogP contribution in [0.1, 0.15) is 6.92 Å². The van der Waals surface area contributed by atoms with E-state index in [1.165, 1.54) is 6.07 Å². The van der Waals surface area contributed by atoms with E-state index in [1.54, 1.807) is 6.07 Å². The lowest BCUT2D eigenvalue weighted by Crippen LogP contribution is -2.40. The van der Waals surface area contributed by atoms with Crippen LogP contribution in [0.15, 0.2) is 12.1 Å². The van der Waals surface area contributed by atoms with E-state index in [1.807, 2.05) is 0 Å². The summed E-state index contributed by atoms with van der Waals surface area (Å²) in [4.78, 5) is 2.14. The zero-order valence-corrected chi connectivity index (χ0v) is 7.88. The summed E-state index contributed by atoms with van der Waals surface area (Å²) in [6.45, 7) is 3.37. The van der Waals surface area contributed by atoms with Crippen molar-refractivity contribution in [1.29, 1.82) is 0 Å². The summed E-state index contributed by atoms with van der Waals surface area (Å²) in [6, 6.07) is 3.51. The zero-order valence-electron chi connectivity index (χ0n) is 7.88. The third-order valence-corrected chi connectivity index (χ3v) is 2.81. The standard InChI is InChI=1S/C10H11FN2O/c1-6-4-14-10-7(11)2-3-8-9(10)13(6)5-12-8/h2-3,6,12H,4-5H2,1H3/t6-/m0/s1. The average Bonchev–Trinajstić information content (AvgIpc) is 2.60. The first-order valence-corrected chi connectivity index (χ1v) is 4.73. The van der Waals surface area contributed by atoms with Crippen LogP contribution in [-0.4, -0.2) is 19.3 Å². The Morgan fingerprint density at radius 3 is 3.29 bits per heavy atom. The van der Waals surface area contributed by atoms with Gasteiger partial charge in [0.15, 0.2) is 11.6 Å². The molecule has 1 aromatic rings. The lowest BCUT2D eigenvalue weighted by atomic mass is 10.2. The van der Waals surface area contributed by atoms with Crippen molar-refractivity contribution in [2.75, 3.05) is 23.5 Å². The number of nitrogens with zero attached hydrogens (tertiary/aromatic N) is 1. The smallest absolute Gasteiger partial charge is 0.180 e. The maximum atomic E-state index is 13.4. The van der Waals surface area contributed by atoms with Crippen molar-refractivity contribution in [2.24, 2.45) is 0 Å². The molecule has 0 unspecified atom stereocenters. The summed E-state index contributed by atoms with van der Waals surface area (Å²) < 4.78 is 18.8. The molecule has 0 saturated heterocycles. The lowest BCUT2D eigenvalue weighted by Gasteiger charge is -2.32. The summed E-state index contributed by atoms with van der Waals surface area (Å²) in [5.41, 5.74) is 1.84. The van der Waals surface area contributed by atoms with Gasteiger partial charge in [-0.15, -0.1) is 0 Å². The molecule has 0 aliphatic carbocycles. The fourth-order valence-electron chi connectivity index (χ4n) is 2.03. The van der Waals surface area contributed by atoms with E-state index in [4.69, 9.17) is 4.74 Å². The van der Waals surface area contributed by atoms with Crippen molar-refractivity contribution in [3.63, 3.8) is 0 Å². The van der Waals surface area contributed by atoms with Crippen molar-refractivity contribution in [1.82, 2.24) is 0 Å². The molecule has 2 aliphatic rings. The summed E-state index contributed by atoms with van der Waals surface area (Å²) in [5, 5.41) is 3.22. The minimum atomic E-state index is -0.274. The molecule has 1 N–H and O–H groups in total. The van der Waals surface area contributed by atoms with Crippen LogP contribution in [0.3, 0.4) is 0 Å². The number of rotatable bonds is 0. The fourth-order valence-corrected chi connectivity index (χ4v) is 2.03. The van der Waals surface area contributed by atoms with Gasteiger partial charge in [0.1, 0.15) is 12.3 Å². The van der Waals surface area contributed by atoms with Gasteiger partial charge in [0, 0.05) is 0 Å². The van der Waals surface area contributed by atoms with Gasteiger partial charge >= 0.3 is 0 Å². The molecule has 0 aromatic heterocycles. The molecule has 3 nitrogen and oxygen atoms in total. The molecule has 1 aromatic carbocycles. The molecule has 74 valence electrons. The summed E-state index contributed by atoms with van der Waals surface area (Å²) >= 11 is 0. The minimum Gasteiger partial charge on any atom is -0.486 e. The minimum absolute atomic E-state index is 0.274. The number of benzene rings is 1. The highest BCUT2D eigenvalue weighted by Crippen LogP contribution is 2.44. The normalized spacial score (nSPS) is 22.7. The molecule has 0 spiro atoms. The quantitative estimate of drug-likeness (QED) is 0.681. The summed E-state index contributed by atoms with van der Waals surface area (Å²) in [5.74, 6) is 0.120. The Balaban J connectivity index is 2.22. The first-order chi connectivity index (χ1) is 6.77. The second kappa shape index (κ2) is 2.53. The number of anilines is 2. The van der Waals surface area contributed by atoms with Gasteiger partial charge < -0.3 is 15.0 Å². The monoisotopic (exact) mass is 194 g/mol. The Morgan fingerprint density at radius 1 is 1.57 bits per heavy atom. The molecule has 2 heterocycles. The lowest BCUT2D eigenvalue weighted by molar-refractivity contribution is 0.261. The first-order valence-electron chi connectivity index (χ1n) is 4.73. The zero-order chi connectivity index (χ0) is 9.71. The first kappa shape index (κ1) is 7.91. The van der Waals surface area contributed by atoms with Gasteiger partial charge in [-0.25, -0.2) is 4.39 Å². The van der Waals surface area contributed by atoms with Gasteiger partial charge in [0.05, 0.1) is 18.4 Å². The molecule has 0 bridgehead atoms. The van der Waals surface area contributed by atoms with Crippen molar-refractivity contribution < 1.29 is 9.13 Å². The SMILES string of the molecule is C[C@H]1COc2c(F)ccc3c2N1CN3. The van der Waals surface area contributed by atoms with Crippen molar-refractivity contribution in [2.45, 2.75) is 13.0 Å². The predicted octanol–water partition coefficient (Wildman–Crippen LogP) is 1.80. The molecular weight excluding hydrogens is 183 g/mol. The fraction of sp³-hybridized carbons (Fsp3) is 0.400. The number of hydrogen-bond acceptors (Lipinski definition) is 3. The number of ether oxygens (including phenoxy) is 1. The molecule has 14 heavy (non-hydrogen) atoms. The highest BCUT2D eigenvalue weighted by atomic mass is 19.1. The predicted molar refractivity (Wildman–Crippen MR) is 52.3 cm³/mol. The van der Waals surface area contributed by atoms with Crippen LogP contribution in [0.2, 0.25) is 0 Å². The third kappa shape index (κ3) is 0.855. The maximum absolute atomic E-state index is 13.4. The van der Waals surface area contributed by atoms with E-state index in [2.05, 4.69) is 17.1 Å². The third-order valence-electron chi connectivity index (χ3n) is 2.81. The number of halogens is 1. The van der Waals surface area contributed by atoms with E-state index < -0.39 is 0 Å². The Kier molecular flexibility index (Phi) is 1.43. The van der Waals surface area contributed by atoms with Crippen LogP contribution in [-0.2, 0) is 0 Å². The highest BCUT2D eigenvalue weighted by Gasteiger charge is 2.32. The van der Waals surface area contributed by atoms with Crippen molar-refractivity contribution >= 4 is 11.4 Å². The highest BCUT2D eigenvalue weighted by molar-refractivity contribution is 5.82. The molecule has 0 saturated carbocycles. The van der Waals surface area contributed by atoms with Crippen LogP contribution in [0, 0.1) is 5.82 Å². The Morgan fingerprint density at radius 2 is 2.43 bits per heavy atom.